The van der Waals surface area contributed by atoms with E-state index in [1.54, 1.807) is 35.2 Å². The van der Waals surface area contributed by atoms with Crippen molar-refractivity contribution in [2.45, 2.75) is 13.3 Å². The van der Waals surface area contributed by atoms with Gasteiger partial charge in [0.25, 0.3) is 0 Å². The van der Waals surface area contributed by atoms with Gasteiger partial charge in [-0.05, 0) is 36.8 Å². The lowest BCUT2D eigenvalue weighted by Gasteiger charge is -2.21. The van der Waals surface area contributed by atoms with Gasteiger partial charge < -0.3 is 15.7 Å². The summed E-state index contributed by atoms with van der Waals surface area (Å²) in [5.74, 6) is 0.143. The number of nitrogens with zero attached hydrogens (tertiary/aromatic N) is 1. The minimum atomic E-state index is -0.0112. The summed E-state index contributed by atoms with van der Waals surface area (Å²) in [7, 11) is 0. The summed E-state index contributed by atoms with van der Waals surface area (Å²) in [5, 5.41) is 9.51. The van der Waals surface area contributed by atoms with Crippen LogP contribution >= 0.6 is 0 Å². The molecule has 0 atom stereocenters. The topological polar surface area (TPSA) is 66.6 Å². The Balaban J connectivity index is 2.15. The first-order chi connectivity index (χ1) is 9.60. The molecule has 0 saturated carbocycles. The molecular weight excluding hydrogens is 252 g/mol. The van der Waals surface area contributed by atoms with Gasteiger partial charge in [-0.3, -0.25) is 4.79 Å². The number of rotatable bonds is 4. The summed E-state index contributed by atoms with van der Waals surface area (Å²) in [6, 6.07) is 14.0. The number of anilines is 2. The Morgan fingerprint density at radius 3 is 2.50 bits per heavy atom. The lowest BCUT2D eigenvalue weighted by Crippen LogP contribution is -2.31. The third-order valence-electron chi connectivity index (χ3n) is 3.09. The van der Waals surface area contributed by atoms with Gasteiger partial charge in [0.2, 0.25) is 5.91 Å². The van der Waals surface area contributed by atoms with Crippen LogP contribution < -0.4 is 10.6 Å². The van der Waals surface area contributed by atoms with Gasteiger partial charge in [-0.1, -0.05) is 18.2 Å². The van der Waals surface area contributed by atoms with Crippen molar-refractivity contribution in [3.05, 3.63) is 54.1 Å². The fourth-order valence-electron chi connectivity index (χ4n) is 2.07. The molecule has 0 aliphatic heterocycles. The number of amides is 1. The van der Waals surface area contributed by atoms with E-state index in [-0.39, 0.29) is 11.7 Å². The van der Waals surface area contributed by atoms with E-state index in [9.17, 15) is 9.90 Å². The number of likely N-dealkylation sites (N-methyl/N-ethyl adjacent to an activating group) is 1. The summed E-state index contributed by atoms with van der Waals surface area (Å²) in [4.78, 5) is 14.0. The molecule has 4 heteroatoms. The number of carbonyl (C=O) groups is 1. The lowest BCUT2D eigenvalue weighted by atomic mass is 10.1. The molecule has 20 heavy (non-hydrogen) atoms. The number of hydrogen-bond donors (Lipinski definition) is 2. The number of phenols is 1. The van der Waals surface area contributed by atoms with Crippen LogP contribution in [-0.4, -0.2) is 17.6 Å². The van der Waals surface area contributed by atoms with E-state index in [2.05, 4.69) is 0 Å². The molecule has 2 aromatic carbocycles. The average molecular weight is 270 g/mol. The van der Waals surface area contributed by atoms with E-state index in [4.69, 9.17) is 5.73 Å². The van der Waals surface area contributed by atoms with E-state index in [0.717, 1.165) is 5.56 Å². The minimum Gasteiger partial charge on any atom is -0.508 e. The smallest absolute Gasteiger partial charge is 0.231 e. The molecule has 0 heterocycles. The van der Waals surface area contributed by atoms with Crippen LogP contribution in [0.4, 0.5) is 11.4 Å². The van der Waals surface area contributed by atoms with Crippen molar-refractivity contribution in [1.82, 2.24) is 0 Å². The van der Waals surface area contributed by atoms with Gasteiger partial charge in [-0.2, -0.15) is 0 Å². The van der Waals surface area contributed by atoms with E-state index in [1.807, 2.05) is 25.1 Å². The fraction of sp³-hybridized carbons (Fsp3) is 0.188. The Morgan fingerprint density at radius 1 is 1.20 bits per heavy atom. The molecule has 3 N–H and O–H groups in total. The number of nitrogen functional groups attached to an aromatic ring is 1. The minimum absolute atomic E-state index is 0.0112. The zero-order valence-electron chi connectivity index (χ0n) is 11.4. The standard InChI is InChI=1S/C16H18N2O2/c1-2-18(14-4-3-5-15(19)11-14)16(20)10-12-6-8-13(17)9-7-12/h3-9,11,19H,2,10,17H2,1H3. The number of phenolic OH excluding ortho intramolecular Hbond substituents is 1. The third kappa shape index (κ3) is 3.29. The molecule has 0 bridgehead atoms. The Kier molecular flexibility index (Phi) is 4.25. The van der Waals surface area contributed by atoms with Crippen molar-refractivity contribution in [2.24, 2.45) is 0 Å². The summed E-state index contributed by atoms with van der Waals surface area (Å²) < 4.78 is 0. The number of aromatic hydroxyl groups is 1. The molecule has 0 unspecified atom stereocenters. The Labute approximate surface area is 118 Å². The number of hydrogen-bond acceptors (Lipinski definition) is 3. The maximum absolute atomic E-state index is 12.4. The van der Waals surface area contributed by atoms with Crippen LogP contribution in [0.15, 0.2) is 48.5 Å². The van der Waals surface area contributed by atoms with E-state index in [0.29, 0.717) is 24.3 Å². The quantitative estimate of drug-likeness (QED) is 0.839. The van der Waals surface area contributed by atoms with E-state index >= 15 is 0 Å². The second kappa shape index (κ2) is 6.10. The molecule has 0 aliphatic carbocycles. The number of carbonyl (C=O) groups excluding carboxylic acids is 1. The third-order valence-corrected chi connectivity index (χ3v) is 3.09. The van der Waals surface area contributed by atoms with Crippen molar-refractivity contribution in [3.63, 3.8) is 0 Å². The maximum Gasteiger partial charge on any atom is 0.231 e. The van der Waals surface area contributed by atoms with Crippen molar-refractivity contribution in [1.29, 1.82) is 0 Å². The van der Waals surface area contributed by atoms with Crippen LogP contribution in [0, 0.1) is 0 Å². The Bertz CT molecular complexity index is 594. The molecular formula is C16H18N2O2. The first-order valence-corrected chi connectivity index (χ1v) is 6.54. The van der Waals surface area contributed by atoms with Gasteiger partial charge >= 0.3 is 0 Å². The first kappa shape index (κ1) is 13.9. The molecule has 0 spiro atoms. The van der Waals surface area contributed by atoms with Crippen LogP contribution in [0.2, 0.25) is 0 Å². The number of nitrogens with two attached hydrogens (primary N) is 1. The molecule has 0 aromatic heterocycles. The summed E-state index contributed by atoms with van der Waals surface area (Å²) >= 11 is 0. The average Bonchev–Trinajstić information content (AvgIpc) is 2.42. The van der Waals surface area contributed by atoms with Gasteiger partial charge in [0, 0.05) is 24.0 Å². The molecule has 0 aliphatic rings. The van der Waals surface area contributed by atoms with Crippen LogP contribution in [0.5, 0.6) is 5.75 Å². The molecule has 104 valence electrons. The second-order valence-corrected chi connectivity index (χ2v) is 4.58. The van der Waals surface area contributed by atoms with Crippen molar-refractivity contribution in [3.8, 4) is 5.75 Å². The fourth-order valence-corrected chi connectivity index (χ4v) is 2.07. The monoisotopic (exact) mass is 270 g/mol. The van der Waals surface area contributed by atoms with Crippen molar-refractivity contribution >= 4 is 17.3 Å². The lowest BCUT2D eigenvalue weighted by molar-refractivity contribution is -0.117. The highest BCUT2D eigenvalue weighted by molar-refractivity contribution is 5.94. The molecule has 4 nitrogen and oxygen atoms in total. The first-order valence-electron chi connectivity index (χ1n) is 6.54. The molecule has 1 amide bonds. The molecule has 0 saturated heterocycles. The number of benzene rings is 2. The molecule has 2 rings (SSSR count). The predicted octanol–water partition coefficient (Wildman–Crippen LogP) is 2.57. The van der Waals surface area contributed by atoms with Crippen molar-refractivity contribution in [2.75, 3.05) is 17.2 Å². The highest BCUT2D eigenvalue weighted by Gasteiger charge is 2.14. The Morgan fingerprint density at radius 2 is 1.90 bits per heavy atom. The second-order valence-electron chi connectivity index (χ2n) is 4.58. The summed E-state index contributed by atoms with van der Waals surface area (Å²) in [6.07, 6.45) is 0.309. The van der Waals surface area contributed by atoms with Gasteiger partial charge in [-0.25, -0.2) is 0 Å². The Hall–Kier alpha value is -2.49. The summed E-state index contributed by atoms with van der Waals surface area (Å²) in [5.41, 5.74) is 7.93. The van der Waals surface area contributed by atoms with Gasteiger partial charge in [0.15, 0.2) is 0 Å². The van der Waals surface area contributed by atoms with Crippen LogP contribution in [-0.2, 0) is 11.2 Å². The van der Waals surface area contributed by atoms with E-state index in [1.165, 1.54) is 0 Å². The van der Waals surface area contributed by atoms with Crippen LogP contribution in [0.3, 0.4) is 0 Å². The zero-order valence-corrected chi connectivity index (χ0v) is 11.4. The van der Waals surface area contributed by atoms with Crippen LogP contribution in [0.1, 0.15) is 12.5 Å². The summed E-state index contributed by atoms with van der Waals surface area (Å²) in [6.45, 7) is 2.46. The highest BCUT2D eigenvalue weighted by Crippen LogP contribution is 2.21. The van der Waals surface area contributed by atoms with Crippen LogP contribution in [0.25, 0.3) is 0 Å². The van der Waals surface area contributed by atoms with Gasteiger partial charge in [0.1, 0.15) is 5.75 Å². The van der Waals surface area contributed by atoms with E-state index < -0.39 is 0 Å². The predicted molar refractivity (Wildman–Crippen MR) is 80.7 cm³/mol. The molecule has 0 radical (unpaired) electrons. The highest BCUT2D eigenvalue weighted by atomic mass is 16.3. The molecule has 0 fully saturated rings. The van der Waals surface area contributed by atoms with Crippen molar-refractivity contribution < 1.29 is 9.90 Å². The maximum atomic E-state index is 12.4. The molecule has 2 aromatic rings. The zero-order chi connectivity index (χ0) is 14.5. The largest absolute Gasteiger partial charge is 0.508 e. The van der Waals surface area contributed by atoms with Gasteiger partial charge in [0.05, 0.1) is 6.42 Å². The SMILES string of the molecule is CCN(C(=O)Cc1ccc(N)cc1)c1cccc(O)c1. The van der Waals surface area contributed by atoms with Gasteiger partial charge in [-0.15, -0.1) is 0 Å². The normalized spacial score (nSPS) is 10.2.